The summed E-state index contributed by atoms with van der Waals surface area (Å²) in [7, 11) is 1.25. The van der Waals surface area contributed by atoms with Crippen molar-refractivity contribution in [2.24, 2.45) is 0 Å². The van der Waals surface area contributed by atoms with Crippen molar-refractivity contribution in [3.05, 3.63) is 12.2 Å². The molecule has 0 fully saturated rings. The maximum Gasteiger partial charge on any atom is 0.508 e. The van der Waals surface area contributed by atoms with Gasteiger partial charge in [-0.15, -0.1) is 0 Å². The molecule has 66 valence electrons. The third-order valence-corrected chi connectivity index (χ3v) is 1.59. The van der Waals surface area contributed by atoms with Crippen molar-refractivity contribution in [1.82, 2.24) is 0 Å². The van der Waals surface area contributed by atoms with Gasteiger partial charge in [-0.3, -0.25) is 4.79 Å². The number of hydrogen-bond acceptors (Lipinski definition) is 4. The molecule has 0 spiro atoms. The Labute approximate surface area is 70.1 Å². The second-order valence-electron chi connectivity index (χ2n) is 2.47. The molecule has 0 N–H and O–H groups in total. The monoisotopic (exact) mass is 170 g/mol. The predicted octanol–water partition coefficient (Wildman–Crippen LogP) is 1.06. The third-order valence-electron chi connectivity index (χ3n) is 1.59. The molecule has 1 atom stereocenters. The zero-order valence-corrected chi connectivity index (χ0v) is 6.78. The van der Waals surface area contributed by atoms with Crippen molar-refractivity contribution in [2.75, 3.05) is 7.11 Å². The number of methoxy groups -OCH3 is 1. The van der Waals surface area contributed by atoms with Gasteiger partial charge in [0.05, 0.1) is 7.11 Å². The van der Waals surface area contributed by atoms with Crippen LogP contribution in [0.3, 0.4) is 0 Å². The average Bonchev–Trinajstić information content (AvgIpc) is 2.09. The molecule has 4 heteroatoms. The van der Waals surface area contributed by atoms with Crippen LogP contribution in [0.5, 0.6) is 0 Å². The second kappa shape index (κ2) is 3.90. The summed E-state index contributed by atoms with van der Waals surface area (Å²) in [5.74, 6) is 0.0692. The molecule has 1 aliphatic carbocycles. The summed E-state index contributed by atoms with van der Waals surface area (Å²) in [4.78, 5) is 21.3. The fourth-order valence-corrected chi connectivity index (χ4v) is 0.949. The summed E-state index contributed by atoms with van der Waals surface area (Å²) in [5, 5.41) is 0. The minimum Gasteiger partial charge on any atom is -0.438 e. The molecule has 12 heavy (non-hydrogen) atoms. The summed E-state index contributed by atoms with van der Waals surface area (Å²) < 4.78 is 9.09. The second-order valence-corrected chi connectivity index (χ2v) is 2.47. The van der Waals surface area contributed by atoms with Crippen molar-refractivity contribution < 1.29 is 19.1 Å². The molecule has 0 aliphatic heterocycles. The van der Waals surface area contributed by atoms with Gasteiger partial charge < -0.3 is 9.47 Å². The Balaban J connectivity index is 2.40. The van der Waals surface area contributed by atoms with Crippen LogP contribution < -0.4 is 0 Å². The lowest BCUT2D eigenvalue weighted by Gasteiger charge is -2.14. The Morgan fingerprint density at radius 1 is 1.67 bits per heavy atom. The Kier molecular flexibility index (Phi) is 2.85. The van der Waals surface area contributed by atoms with Gasteiger partial charge in [0, 0.05) is 6.42 Å². The van der Waals surface area contributed by atoms with E-state index in [1.54, 1.807) is 6.08 Å². The molecule has 0 aromatic carbocycles. The molecule has 0 saturated heterocycles. The molecule has 4 nitrogen and oxygen atoms in total. The van der Waals surface area contributed by atoms with Crippen LogP contribution in [0.1, 0.15) is 12.8 Å². The largest absolute Gasteiger partial charge is 0.508 e. The molecule has 1 unspecified atom stereocenters. The lowest BCUT2D eigenvalue weighted by Crippen LogP contribution is -2.20. The van der Waals surface area contributed by atoms with Crippen LogP contribution in [-0.4, -0.2) is 25.2 Å². The topological polar surface area (TPSA) is 52.6 Å². The van der Waals surface area contributed by atoms with E-state index in [1.165, 1.54) is 13.2 Å². The van der Waals surface area contributed by atoms with Crippen LogP contribution >= 0.6 is 0 Å². The van der Waals surface area contributed by atoms with Crippen LogP contribution in [0.2, 0.25) is 0 Å². The number of rotatable bonds is 1. The van der Waals surface area contributed by atoms with Crippen LogP contribution in [-0.2, 0) is 14.3 Å². The quantitative estimate of drug-likeness (QED) is 0.552. The van der Waals surface area contributed by atoms with E-state index in [0.29, 0.717) is 12.8 Å². The molecular formula is C8H10O4. The van der Waals surface area contributed by atoms with Crippen LogP contribution in [0, 0.1) is 0 Å². The number of allylic oxidation sites excluding steroid dienone is 1. The van der Waals surface area contributed by atoms with Crippen LogP contribution in [0.4, 0.5) is 4.79 Å². The van der Waals surface area contributed by atoms with Crippen LogP contribution in [0.15, 0.2) is 12.2 Å². The molecule has 0 aromatic heterocycles. The van der Waals surface area contributed by atoms with Crippen molar-refractivity contribution in [2.45, 2.75) is 18.9 Å². The Bertz CT molecular complexity index is 219. The number of carbonyl (C=O) groups is 2. The summed E-state index contributed by atoms with van der Waals surface area (Å²) in [5.41, 5.74) is 0. The van der Waals surface area contributed by atoms with Crippen molar-refractivity contribution in [1.29, 1.82) is 0 Å². The van der Waals surface area contributed by atoms with E-state index >= 15 is 0 Å². The highest BCUT2D eigenvalue weighted by atomic mass is 16.7. The van der Waals surface area contributed by atoms with E-state index in [0.717, 1.165) is 0 Å². The minimum atomic E-state index is -0.709. The molecule has 1 aliphatic rings. The van der Waals surface area contributed by atoms with E-state index in [2.05, 4.69) is 4.74 Å². The molecular weight excluding hydrogens is 160 g/mol. The normalized spacial score (nSPS) is 22.1. The standard InChI is InChI=1S/C8H10O4/c1-11-8(10)12-7-4-2-6(9)3-5-7/h2,4,7H,3,5H2,1H3. The SMILES string of the molecule is COC(=O)OC1C=CC(=O)CC1. The fourth-order valence-electron chi connectivity index (χ4n) is 0.949. The van der Waals surface area contributed by atoms with E-state index < -0.39 is 6.16 Å². The lowest BCUT2D eigenvalue weighted by molar-refractivity contribution is -0.115. The van der Waals surface area contributed by atoms with Gasteiger partial charge in [-0.05, 0) is 18.6 Å². The summed E-state index contributed by atoms with van der Waals surface area (Å²) in [6, 6.07) is 0. The van der Waals surface area contributed by atoms with Crippen LogP contribution in [0.25, 0.3) is 0 Å². The highest BCUT2D eigenvalue weighted by Crippen LogP contribution is 2.11. The molecule has 1 rings (SSSR count). The Morgan fingerprint density at radius 2 is 2.42 bits per heavy atom. The zero-order valence-electron chi connectivity index (χ0n) is 6.78. The van der Waals surface area contributed by atoms with Gasteiger partial charge in [0.25, 0.3) is 0 Å². The van der Waals surface area contributed by atoms with Gasteiger partial charge in [-0.25, -0.2) is 4.79 Å². The minimum absolute atomic E-state index is 0.0692. The number of ether oxygens (including phenoxy) is 2. The van der Waals surface area contributed by atoms with E-state index in [4.69, 9.17) is 4.74 Å². The summed E-state index contributed by atoms with van der Waals surface area (Å²) in [6.07, 6.45) is 2.96. The molecule has 0 radical (unpaired) electrons. The molecule has 0 bridgehead atoms. The number of hydrogen-bond donors (Lipinski definition) is 0. The van der Waals surface area contributed by atoms with Crippen molar-refractivity contribution >= 4 is 11.9 Å². The van der Waals surface area contributed by atoms with Gasteiger partial charge in [-0.2, -0.15) is 0 Å². The van der Waals surface area contributed by atoms with Gasteiger partial charge in [0.15, 0.2) is 5.78 Å². The van der Waals surface area contributed by atoms with E-state index in [1.807, 2.05) is 0 Å². The number of ketones is 1. The first-order valence-electron chi connectivity index (χ1n) is 3.68. The lowest BCUT2D eigenvalue weighted by atomic mass is 10.0. The highest BCUT2D eigenvalue weighted by molar-refractivity contribution is 5.90. The smallest absolute Gasteiger partial charge is 0.438 e. The fraction of sp³-hybridized carbons (Fsp3) is 0.500. The Morgan fingerprint density at radius 3 is 2.92 bits per heavy atom. The molecule has 0 heterocycles. The van der Waals surface area contributed by atoms with Crippen molar-refractivity contribution in [3.8, 4) is 0 Å². The van der Waals surface area contributed by atoms with Gasteiger partial charge in [-0.1, -0.05) is 0 Å². The maximum atomic E-state index is 10.7. The number of carbonyl (C=O) groups excluding carboxylic acids is 2. The molecule has 0 aromatic rings. The molecule has 0 saturated carbocycles. The first kappa shape index (κ1) is 8.77. The van der Waals surface area contributed by atoms with Gasteiger partial charge >= 0.3 is 6.16 Å². The summed E-state index contributed by atoms with van der Waals surface area (Å²) in [6.45, 7) is 0. The third kappa shape index (κ3) is 2.38. The van der Waals surface area contributed by atoms with Gasteiger partial charge in [0.2, 0.25) is 0 Å². The maximum absolute atomic E-state index is 10.7. The predicted molar refractivity (Wildman–Crippen MR) is 40.7 cm³/mol. The highest BCUT2D eigenvalue weighted by Gasteiger charge is 2.16. The first-order valence-corrected chi connectivity index (χ1v) is 3.68. The first-order chi connectivity index (χ1) is 5.72. The summed E-state index contributed by atoms with van der Waals surface area (Å²) >= 11 is 0. The van der Waals surface area contributed by atoms with Crippen molar-refractivity contribution in [3.63, 3.8) is 0 Å². The average molecular weight is 170 g/mol. The zero-order chi connectivity index (χ0) is 8.97. The van der Waals surface area contributed by atoms with E-state index in [9.17, 15) is 9.59 Å². The van der Waals surface area contributed by atoms with E-state index in [-0.39, 0.29) is 11.9 Å². The molecule has 0 amide bonds. The Hall–Kier alpha value is -1.32. The van der Waals surface area contributed by atoms with Gasteiger partial charge in [0.1, 0.15) is 6.10 Å².